The molecule has 0 saturated carbocycles. The Morgan fingerprint density at radius 3 is 2.95 bits per heavy atom. The van der Waals surface area contributed by atoms with Crippen molar-refractivity contribution in [2.45, 2.75) is 0 Å². The molecule has 19 heavy (non-hydrogen) atoms. The molecule has 0 aliphatic heterocycles. The molecule has 5 nitrogen and oxygen atoms in total. The van der Waals surface area contributed by atoms with Gasteiger partial charge in [0.05, 0.1) is 24.3 Å². The second-order valence-corrected chi connectivity index (χ2v) is 3.75. The van der Waals surface area contributed by atoms with Gasteiger partial charge < -0.3 is 10.1 Å². The topological polar surface area (TPSA) is 81.8 Å². The Morgan fingerprint density at radius 1 is 1.37 bits per heavy atom. The molecule has 0 aliphatic rings. The zero-order valence-electron chi connectivity index (χ0n) is 10.3. The van der Waals surface area contributed by atoms with Gasteiger partial charge in [-0.2, -0.15) is 5.26 Å². The van der Waals surface area contributed by atoms with E-state index in [0.29, 0.717) is 22.7 Å². The number of hydrogen-bond acceptors (Lipinski definition) is 4. The summed E-state index contributed by atoms with van der Waals surface area (Å²) in [6.45, 7) is 0. The average molecular weight is 252 g/mol. The van der Waals surface area contributed by atoms with Crippen LogP contribution in [-0.4, -0.2) is 17.9 Å². The number of rotatable bonds is 3. The first kappa shape index (κ1) is 12.6. The summed E-state index contributed by atoms with van der Waals surface area (Å²) in [4.78, 5) is 4.04. The highest BCUT2D eigenvalue weighted by Crippen LogP contribution is 2.16. The van der Waals surface area contributed by atoms with Crippen molar-refractivity contribution in [1.29, 1.82) is 10.7 Å². The van der Waals surface area contributed by atoms with Crippen LogP contribution < -0.4 is 10.1 Å². The Kier molecular flexibility index (Phi) is 3.74. The van der Waals surface area contributed by atoms with Gasteiger partial charge in [-0.3, -0.25) is 5.41 Å². The van der Waals surface area contributed by atoms with E-state index in [1.807, 2.05) is 0 Å². The van der Waals surface area contributed by atoms with Crippen LogP contribution in [0.1, 0.15) is 11.1 Å². The van der Waals surface area contributed by atoms with E-state index in [-0.39, 0.29) is 5.84 Å². The van der Waals surface area contributed by atoms with Gasteiger partial charge in [-0.1, -0.05) is 6.07 Å². The molecule has 0 atom stereocenters. The fraction of sp³-hybridized carbons (Fsp3) is 0.0714. The third-order valence-corrected chi connectivity index (χ3v) is 2.49. The molecular weight excluding hydrogens is 240 g/mol. The van der Waals surface area contributed by atoms with Crippen molar-refractivity contribution in [3.05, 3.63) is 53.7 Å². The van der Waals surface area contributed by atoms with Gasteiger partial charge in [0.2, 0.25) is 5.88 Å². The number of pyridine rings is 1. The SMILES string of the molecule is COc1ncccc1C(=N)Nc1cccc(C#N)c1. The number of benzene rings is 1. The highest BCUT2D eigenvalue weighted by atomic mass is 16.5. The fourth-order valence-electron chi connectivity index (χ4n) is 1.62. The second kappa shape index (κ2) is 5.65. The van der Waals surface area contributed by atoms with Crippen LogP contribution in [0.25, 0.3) is 0 Å². The lowest BCUT2D eigenvalue weighted by Gasteiger charge is -2.10. The largest absolute Gasteiger partial charge is 0.480 e. The molecule has 0 amide bonds. The molecule has 94 valence electrons. The summed E-state index contributed by atoms with van der Waals surface area (Å²) in [6.07, 6.45) is 1.60. The first-order chi connectivity index (χ1) is 9.24. The normalized spacial score (nSPS) is 9.47. The lowest BCUT2D eigenvalue weighted by atomic mass is 10.2. The van der Waals surface area contributed by atoms with E-state index in [1.54, 1.807) is 42.6 Å². The maximum Gasteiger partial charge on any atom is 0.224 e. The van der Waals surface area contributed by atoms with Crippen molar-refractivity contribution in [3.63, 3.8) is 0 Å². The molecule has 1 heterocycles. The van der Waals surface area contributed by atoms with E-state index in [9.17, 15) is 0 Å². The number of methoxy groups -OCH3 is 1. The summed E-state index contributed by atoms with van der Waals surface area (Å²) in [5, 5.41) is 19.8. The number of nitrogens with one attached hydrogen (secondary N) is 2. The van der Waals surface area contributed by atoms with Gasteiger partial charge in [-0.05, 0) is 30.3 Å². The highest BCUT2D eigenvalue weighted by molar-refractivity contribution is 6.07. The van der Waals surface area contributed by atoms with E-state index in [0.717, 1.165) is 0 Å². The summed E-state index contributed by atoms with van der Waals surface area (Å²) in [7, 11) is 1.51. The predicted octanol–water partition coefficient (Wildman–Crippen LogP) is 2.40. The molecule has 0 fully saturated rings. The second-order valence-electron chi connectivity index (χ2n) is 3.75. The Balaban J connectivity index is 2.23. The average Bonchev–Trinajstić information content (AvgIpc) is 2.47. The zero-order chi connectivity index (χ0) is 13.7. The molecular formula is C14H12N4O. The molecule has 5 heteroatoms. The highest BCUT2D eigenvalue weighted by Gasteiger charge is 2.09. The number of hydrogen-bond donors (Lipinski definition) is 2. The van der Waals surface area contributed by atoms with Gasteiger partial charge in [0.1, 0.15) is 5.84 Å². The number of nitrogens with zero attached hydrogens (tertiary/aromatic N) is 2. The van der Waals surface area contributed by atoms with Crippen LogP contribution in [-0.2, 0) is 0 Å². The molecule has 0 saturated heterocycles. The minimum atomic E-state index is 0.167. The van der Waals surface area contributed by atoms with Crippen LogP contribution >= 0.6 is 0 Å². The third kappa shape index (κ3) is 2.87. The van der Waals surface area contributed by atoms with Crippen molar-refractivity contribution >= 4 is 11.5 Å². The van der Waals surface area contributed by atoms with Gasteiger partial charge in [0, 0.05) is 11.9 Å². The molecule has 0 bridgehead atoms. The Morgan fingerprint density at radius 2 is 2.21 bits per heavy atom. The third-order valence-electron chi connectivity index (χ3n) is 2.49. The quantitative estimate of drug-likeness (QED) is 0.649. The van der Waals surface area contributed by atoms with E-state index < -0.39 is 0 Å². The summed E-state index contributed by atoms with van der Waals surface area (Å²) < 4.78 is 5.10. The van der Waals surface area contributed by atoms with Crippen molar-refractivity contribution in [3.8, 4) is 11.9 Å². The maximum atomic E-state index is 8.83. The number of ether oxygens (including phenoxy) is 1. The van der Waals surface area contributed by atoms with Crippen molar-refractivity contribution in [2.24, 2.45) is 0 Å². The summed E-state index contributed by atoms with van der Waals surface area (Å²) >= 11 is 0. The zero-order valence-corrected chi connectivity index (χ0v) is 10.3. The van der Waals surface area contributed by atoms with E-state index in [4.69, 9.17) is 15.4 Å². The fourth-order valence-corrected chi connectivity index (χ4v) is 1.62. The van der Waals surface area contributed by atoms with Gasteiger partial charge in [0.15, 0.2) is 0 Å². The van der Waals surface area contributed by atoms with Crippen molar-refractivity contribution in [1.82, 2.24) is 4.98 Å². The van der Waals surface area contributed by atoms with Gasteiger partial charge >= 0.3 is 0 Å². The van der Waals surface area contributed by atoms with Crippen LogP contribution in [0.5, 0.6) is 5.88 Å². The molecule has 0 radical (unpaired) electrons. The van der Waals surface area contributed by atoms with Crippen molar-refractivity contribution < 1.29 is 4.74 Å². The van der Waals surface area contributed by atoms with Crippen molar-refractivity contribution in [2.75, 3.05) is 12.4 Å². The number of anilines is 1. The molecule has 1 aromatic heterocycles. The summed E-state index contributed by atoms with van der Waals surface area (Å²) in [6, 6.07) is 12.5. The molecule has 2 aromatic rings. The van der Waals surface area contributed by atoms with E-state index >= 15 is 0 Å². The lowest BCUT2D eigenvalue weighted by Crippen LogP contribution is -2.13. The number of nitriles is 1. The minimum Gasteiger partial charge on any atom is -0.480 e. The summed E-state index contributed by atoms with van der Waals surface area (Å²) in [5.41, 5.74) is 1.78. The van der Waals surface area contributed by atoms with Crippen LogP contribution in [0, 0.1) is 16.7 Å². The molecule has 2 rings (SSSR count). The molecule has 0 spiro atoms. The maximum absolute atomic E-state index is 8.83. The Hall–Kier alpha value is -2.87. The standard InChI is InChI=1S/C14H12N4O/c1-19-14-12(6-3-7-17-14)13(16)18-11-5-2-4-10(8-11)9-15/h2-8H,1H3,(H2,16,18). The molecule has 0 unspecified atom stereocenters. The van der Waals surface area contributed by atoms with Crippen LogP contribution in [0.3, 0.4) is 0 Å². The van der Waals surface area contributed by atoms with Crippen LogP contribution in [0.15, 0.2) is 42.6 Å². The molecule has 1 aromatic carbocycles. The van der Waals surface area contributed by atoms with Gasteiger partial charge in [-0.25, -0.2) is 4.98 Å². The predicted molar refractivity (Wildman–Crippen MR) is 72.4 cm³/mol. The Bertz CT molecular complexity index is 646. The van der Waals surface area contributed by atoms with Crippen LogP contribution in [0.2, 0.25) is 0 Å². The van der Waals surface area contributed by atoms with Gasteiger partial charge in [0.25, 0.3) is 0 Å². The number of aromatic nitrogens is 1. The van der Waals surface area contributed by atoms with E-state index in [1.165, 1.54) is 7.11 Å². The summed E-state index contributed by atoms with van der Waals surface area (Å²) in [5.74, 6) is 0.552. The van der Waals surface area contributed by atoms with Gasteiger partial charge in [-0.15, -0.1) is 0 Å². The van der Waals surface area contributed by atoms with E-state index in [2.05, 4.69) is 16.4 Å². The van der Waals surface area contributed by atoms with Crippen LogP contribution in [0.4, 0.5) is 5.69 Å². The molecule has 2 N–H and O–H groups in total. The smallest absolute Gasteiger partial charge is 0.224 e. The Labute approximate surface area is 111 Å². The first-order valence-corrected chi connectivity index (χ1v) is 5.59. The number of amidine groups is 1. The molecule has 0 aliphatic carbocycles. The lowest BCUT2D eigenvalue weighted by molar-refractivity contribution is 0.397. The monoisotopic (exact) mass is 252 g/mol. The first-order valence-electron chi connectivity index (χ1n) is 5.59. The minimum absolute atomic E-state index is 0.167.